The van der Waals surface area contributed by atoms with Crippen LogP contribution in [0.2, 0.25) is 0 Å². The Hall–Kier alpha value is -9.44. The summed E-state index contributed by atoms with van der Waals surface area (Å²) in [7, 11) is 0. The zero-order chi connectivity index (χ0) is 46.8. The minimum atomic E-state index is 0.695. The summed E-state index contributed by atoms with van der Waals surface area (Å²) in [6, 6.07) is 94.2. The fourth-order valence-corrected chi connectivity index (χ4v) is 11.2. The second-order valence-corrected chi connectivity index (χ2v) is 18.4. The van der Waals surface area contributed by atoms with Gasteiger partial charge in [0.1, 0.15) is 0 Å². The standard InChI is InChI=1S/C68H43N3/c1-4-19-47(20-5-1)65-56-29-14-15-30-57(56)66(59-38-36-44-18-10-11-25-52(44)67(59)65)58-40-39-51(53-26-12-13-27-54(53)58)45-32-34-46(35-33-45)61-43-62(70-68(69-61)48-21-6-2-7-22-48)49-37-41-64-60(42-49)55-28-16-17-31-63(55)71(64)50-23-8-3-9-24-50/h1-43H. The number of para-hydroxylation sites is 2. The van der Waals surface area contributed by atoms with Crippen LogP contribution in [0, 0.1) is 0 Å². The van der Waals surface area contributed by atoms with Gasteiger partial charge in [-0.15, -0.1) is 0 Å². The zero-order valence-corrected chi connectivity index (χ0v) is 38.7. The highest BCUT2D eigenvalue weighted by molar-refractivity contribution is 6.29. The number of hydrogen-bond acceptors (Lipinski definition) is 2. The number of rotatable bonds is 7. The van der Waals surface area contributed by atoms with Crippen molar-refractivity contribution in [2.75, 3.05) is 0 Å². The van der Waals surface area contributed by atoms with Gasteiger partial charge in [0.2, 0.25) is 0 Å². The van der Waals surface area contributed by atoms with E-state index in [2.05, 4.69) is 247 Å². The van der Waals surface area contributed by atoms with Gasteiger partial charge in [0.05, 0.1) is 22.4 Å². The molecule has 0 fully saturated rings. The van der Waals surface area contributed by atoms with Crippen molar-refractivity contribution >= 4 is 64.9 Å². The van der Waals surface area contributed by atoms with E-state index in [9.17, 15) is 0 Å². The van der Waals surface area contributed by atoms with Crippen LogP contribution >= 0.6 is 0 Å². The third kappa shape index (κ3) is 6.74. The molecule has 0 aliphatic heterocycles. The lowest BCUT2D eigenvalue weighted by molar-refractivity contribution is 1.18. The summed E-state index contributed by atoms with van der Waals surface area (Å²) in [6.45, 7) is 0. The van der Waals surface area contributed by atoms with Gasteiger partial charge in [0.15, 0.2) is 5.82 Å². The van der Waals surface area contributed by atoms with E-state index in [-0.39, 0.29) is 0 Å². The Morgan fingerprint density at radius 3 is 1.52 bits per heavy atom. The Labute approximate surface area is 411 Å². The lowest BCUT2D eigenvalue weighted by Crippen LogP contribution is -1.96. The summed E-state index contributed by atoms with van der Waals surface area (Å²) in [6.07, 6.45) is 0. The van der Waals surface area contributed by atoms with Crippen molar-refractivity contribution in [3.63, 3.8) is 0 Å². The molecule has 0 atom stereocenters. The highest BCUT2D eigenvalue weighted by Crippen LogP contribution is 2.48. The molecule has 0 radical (unpaired) electrons. The number of aromatic nitrogens is 3. The third-order valence-electron chi connectivity index (χ3n) is 14.4. The second-order valence-electron chi connectivity index (χ2n) is 18.4. The van der Waals surface area contributed by atoms with Crippen molar-refractivity contribution in [1.29, 1.82) is 0 Å². The Morgan fingerprint density at radius 1 is 0.268 bits per heavy atom. The summed E-state index contributed by atoms with van der Waals surface area (Å²) in [5.41, 5.74) is 15.6. The van der Waals surface area contributed by atoms with Crippen LogP contribution in [-0.4, -0.2) is 14.5 Å². The highest BCUT2D eigenvalue weighted by Gasteiger charge is 2.21. The van der Waals surface area contributed by atoms with Crippen LogP contribution in [0.5, 0.6) is 0 Å². The summed E-state index contributed by atoms with van der Waals surface area (Å²) in [5.74, 6) is 0.695. The first-order valence-corrected chi connectivity index (χ1v) is 24.3. The molecule has 0 N–H and O–H groups in total. The minimum absolute atomic E-state index is 0.695. The monoisotopic (exact) mass is 901 g/mol. The average Bonchev–Trinajstić information content (AvgIpc) is 3.78. The molecule has 330 valence electrons. The average molecular weight is 902 g/mol. The number of benzene rings is 12. The molecule has 3 heteroatoms. The van der Waals surface area contributed by atoms with Crippen LogP contribution in [0.3, 0.4) is 0 Å². The van der Waals surface area contributed by atoms with E-state index in [0.29, 0.717) is 5.82 Å². The Morgan fingerprint density at radius 2 is 0.789 bits per heavy atom. The molecule has 0 unspecified atom stereocenters. The molecule has 14 aromatic rings. The molecule has 0 aliphatic rings. The molecule has 0 saturated carbocycles. The maximum atomic E-state index is 5.24. The predicted molar refractivity (Wildman–Crippen MR) is 299 cm³/mol. The van der Waals surface area contributed by atoms with Crippen molar-refractivity contribution in [1.82, 2.24) is 14.5 Å². The van der Waals surface area contributed by atoms with Gasteiger partial charge in [-0.05, 0) is 113 Å². The molecule has 0 saturated heterocycles. The molecule has 3 nitrogen and oxygen atoms in total. The Balaban J connectivity index is 0.900. The minimum Gasteiger partial charge on any atom is -0.309 e. The van der Waals surface area contributed by atoms with Crippen molar-refractivity contribution in [3.8, 4) is 73.0 Å². The molecule has 0 aliphatic carbocycles. The molecular weight excluding hydrogens is 859 g/mol. The van der Waals surface area contributed by atoms with E-state index in [1.54, 1.807) is 0 Å². The van der Waals surface area contributed by atoms with Crippen LogP contribution in [-0.2, 0) is 0 Å². The van der Waals surface area contributed by atoms with Crippen LogP contribution in [0.15, 0.2) is 261 Å². The summed E-state index contributed by atoms with van der Waals surface area (Å²) in [4.78, 5) is 10.5. The molecule has 12 aromatic carbocycles. The van der Waals surface area contributed by atoms with Crippen molar-refractivity contribution in [2.45, 2.75) is 0 Å². The predicted octanol–water partition coefficient (Wildman–Crippen LogP) is 18.2. The molecule has 2 aromatic heterocycles. The molecule has 2 heterocycles. The van der Waals surface area contributed by atoms with E-state index in [1.165, 1.54) is 87.2 Å². The van der Waals surface area contributed by atoms with Crippen LogP contribution in [0.25, 0.3) is 138 Å². The van der Waals surface area contributed by atoms with E-state index >= 15 is 0 Å². The van der Waals surface area contributed by atoms with E-state index < -0.39 is 0 Å². The molecule has 14 rings (SSSR count). The lowest BCUT2D eigenvalue weighted by Gasteiger charge is -2.21. The van der Waals surface area contributed by atoms with Crippen LogP contribution in [0.4, 0.5) is 0 Å². The third-order valence-corrected chi connectivity index (χ3v) is 14.4. The summed E-state index contributed by atoms with van der Waals surface area (Å²) < 4.78 is 2.35. The fourth-order valence-electron chi connectivity index (χ4n) is 11.2. The largest absolute Gasteiger partial charge is 0.309 e. The first-order chi connectivity index (χ1) is 35.2. The SMILES string of the molecule is c1ccc(-c2nc(-c3ccc(-c4ccc(-c5c6ccccc6c(-c6ccccc6)c6c5ccc5ccccc56)c5ccccc45)cc3)cc(-c3ccc4c(c3)c3ccccc3n4-c3ccccc3)n2)cc1. The van der Waals surface area contributed by atoms with Crippen molar-refractivity contribution in [2.24, 2.45) is 0 Å². The summed E-state index contributed by atoms with van der Waals surface area (Å²) >= 11 is 0. The van der Waals surface area contributed by atoms with Gasteiger partial charge in [0.25, 0.3) is 0 Å². The molecule has 0 bridgehead atoms. The molecule has 71 heavy (non-hydrogen) atoms. The maximum absolute atomic E-state index is 5.24. The van der Waals surface area contributed by atoms with Gasteiger partial charge in [-0.1, -0.05) is 224 Å². The van der Waals surface area contributed by atoms with E-state index in [1.807, 2.05) is 18.2 Å². The first kappa shape index (κ1) is 40.6. The van der Waals surface area contributed by atoms with Gasteiger partial charge < -0.3 is 4.57 Å². The first-order valence-electron chi connectivity index (χ1n) is 24.3. The Kier molecular flexibility index (Phi) is 9.53. The molecule has 0 amide bonds. The second kappa shape index (κ2) is 16.7. The molecule has 0 spiro atoms. The fraction of sp³-hybridized carbons (Fsp3) is 0. The van der Waals surface area contributed by atoms with Crippen LogP contribution < -0.4 is 0 Å². The Bertz CT molecular complexity index is 4370. The van der Waals surface area contributed by atoms with Gasteiger partial charge in [0, 0.05) is 33.2 Å². The molecular formula is C68H43N3. The maximum Gasteiger partial charge on any atom is 0.160 e. The van der Waals surface area contributed by atoms with Gasteiger partial charge >= 0.3 is 0 Å². The smallest absolute Gasteiger partial charge is 0.160 e. The normalized spacial score (nSPS) is 11.7. The van der Waals surface area contributed by atoms with Crippen molar-refractivity contribution < 1.29 is 0 Å². The van der Waals surface area contributed by atoms with Crippen molar-refractivity contribution in [3.05, 3.63) is 261 Å². The highest BCUT2D eigenvalue weighted by atomic mass is 15.0. The number of hydrogen-bond donors (Lipinski definition) is 0. The lowest BCUT2D eigenvalue weighted by atomic mass is 9.82. The summed E-state index contributed by atoms with van der Waals surface area (Å²) in [5, 5.41) is 12.4. The van der Waals surface area contributed by atoms with E-state index in [0.717, 1.165) is 44.8 Å². The van der Waals surface area contributed by atoms with Gasteiger partial charge in [-0.25, -0.2) is 9.97 Å². The van der Waals surface area contributed by atoms with Gasteiger partial charge in [-0.3, -0.25) is 0 Å². The zero-order valence-electron chi connectivity index (χ0n) is 38.7. The van der Waals surface area contributed by atoms with Crippen LogP contribution in [0.1, 0.15) is 0 Å². The topological polar surface area (TPSA) is 30.7 Å². The quantitative estimate of drug-likeness (QED) is 0.118. The number of fused-ring (bicyclic) bond motifs is 8. The van der Waals surface area contributed by atoms with E-state index in [4.69, 9.17) is 9.97 Å². The van der Waals surface area contributed by atoms with Gasteiger partial charge in [-0.2, -0.15) is 0 Å². The number of nitrogens with zero attached hydrogens (tertiary/aromatic N) is 3.